The highest BCUT2D eigenvalue weighted by Gasteiger charge is 2.17. The summed E-state index contributed by atoms with van der Waals surface area (Å²) in [6.45, 7) is 5.83. The quantitative estimate of drug-likeness (QED) is 0.813. The third-order valence-corrected chi connectivity index (χ3v) is 4.83. The Hall–Kier alpha value is -2.57. The van der Waals surface area contributed by atoms with E-state index in [4.69, 9.17) is 9.47 Å². The molecular formula is C21H27N3O3. The second kappa shape index (κ2) is 9.39. The van der Waals surface area contributed by atoms with E-state index in [2.05, 4.69) is 27.2 Å². The normalized spacial score (nSPS) is 14.8. The molecule has 144 valence electrons. The van der Waals surface area contributed by atoms with E-state index in [1.54, 1.807) is 26.4 Å². The minimum absolute atomic E-state index is 0.174. The number of methoxy groups -OCH3 is 2. The predicted molar refractivity (Wildman–Crippen MR) is 108 cm³/mol. The van der Waals surface area contributed by atoms with Gasteiger partial charge in [-0.25, -0.2) is 0 Å². The van der Waals surface area contributed by atoms with E-state index >= 15 is 0 Å². The van der Waals surface area contributed by atoms with Crippen molar-refractivity contribution in [1.29, 1.82) is 0 Å². The molecule has 1 aliphatic heterocycles. The van der Waals surface area contributed by atoms with Crippen LogP contribution in [0.15, 0.2) is 48.5 Å². The molecule has 0 radical (unpaired) electrons. The monoisotopic (exact) mass is 369 g/mol. The van der Waals surface area contributed by atoms with E-state index in [0.29, 0.717) is 11.3 Å². The fraction of sp³-hybridized carbons (Fsp3) is 0.381. The van der Waals surface area contributed by atoms with E-state index in [0.717, 1.165) is 45.0 Å². The predicted octanol–water partition coefficient (Wildman–Crippen LogP) is 2.72. The molecule has 0 unspecified atom stereocenters. The molecule has 0 aromatic heterocycles. The summed E-state index contributed by atoms with van der Waals surface area (Å²) in [5.74, 6) is 0.393. The van der Waals surface area contributed by atoms with Crippen molar-refractivity contribution in [3.8, 4) is 5.75 Å². The number of hydrogen-bond donors (Lipinski definition) is 1. The number of nitrogens with zero attached hydrogens (tertiary/aromatic N) is 2. The molecule has 0 bridgehead atoms. The third kappa shape index (κ3) is 4.99. The molecule has 2 aromatic carbocycles. The lowest BCUT2D eigenvalue weighted by molar-refractivity contribution is 0.102. The summed E-state index contributed by atoms with van der Waals surface area (Å²) in [5.41, 5.74) is 2.47. The fourth-order valence-electron chi connectivity index (χ4n) is 3.24. The van der Waals surface area contributed by atoms with Crippen molar-refractivity contribution in [2.45, 2.75) is 0 Å². The zero-order chi connectivity index (χ0) is 19.1. The molecule has 0 spiro atoms. The van der Waals surface area contributed by atoms with Gasteiger partial charge in [-0.1, -0.05) is 12.1 Å². The topological polar surface area (TPSA) is 54.0 Å². The number of carbonyl (C=O) groups excluding carboxylic acids is 1. The van der Waals surface area contributed by atoms with E-state index < -0.39 is 0 Å². The molecule has 1 saturated heterocycles. The average molecular weight is 369 g/mol. The Morgan fingerprint density at radius 1 is 1.00 bits per heavy atom. The second-order valence-corrected chi connectivity index (χ2v) is 6.52. The van der Waals surface area contributed by atoms with E-state index in [1.807, 2.05) is 24.3 Å². The van der Waals surface area contributed by atoms with Crippen molar-refractivity contribution in [3.05, 3.63) is 54.1 Å². The first-order valence-electron chi connectivity index (χ1n) is 9.22. The maximum Gasteiger partial charge on any atom is 0.259 e. The first kappa shape index (κ1) is 19.2. The van der Waals surface area contributed by atoms with Crippen LogP contribution in [0.25, 0.3) is 0 Å². The lowest BCUT2D eigenvalue weighted by Crippen LogP contribution is -2.47. The SMILES string of the molecule is COCCN1CCN(c2ccc(NC(=O)c3ccccc3OC)cc2)CC1. The molecule has 27 heavy (non-hydrogen) atoms. The number of carbonyl (C=O) groups is 1. The minimum Gasteiger partial charge on any atom is -0.496 e. The summed E-state index contributed by atoms with van der Waals surface area (Å²) in [4.78, 5) is 17.3. The zero-order valence-corrected chi connectivity index (χ0v) is 16.0. The Balaban J connectivity index is 1.57. The highest BCUT2D eigenvalue weighted by atomic mass is 16.5. The second-order valence-electron chi connectivity index (χ2n) is 6.52. The number of amides is 1. The lowest BCUT2D eigenvalue weighted by atomic mass is 10.1. The molecule has 6 nitrogen and oxygen atoms in total. The molecule has 2 aromatic rings. The van der Waals surface area contributed by atoms with E-state index in [9.17, 15) is 4.79 Å². The van der Waals surface area contributed by atoms with Gasteiger partial charge < -0.3 is 19.7 Å². The maximum absolute atomic E-state index is 12.5. The van der Waals surface area contributed by atoms with Crippen LogP contribution in [0.4, 0.5) is 11.4 Å². The molecule has 1 heterocycles. The number of rotatable bonds is 7. The lowest BCUT2D eigenvalue weighted by Gasteiger charge is -2.36. The van der Waals surface area contributed by atoms with Gasteiger partial charge in [0.1, 0.15) is 5.75 Å². The molecule has 1 amide bonds. The Morgan fingerprint density at radius 2 is 1.70 bits per heavy atom. The summed E-state index contributed by atoms with van der Waals surface area (Å²) >= 11 is 0. The van der Waals surface area contributed by atoms with E-state index in [-0.39, 0.29) is 5.91 Å². The summed E-state index contributed by atoms with van der Waals surface area (Å²) in [6, 6.07) is 15.2. The van der Waals surface area contributed by atoms with Crippen molar-refractivity contribution >= 4 is 17.3 Å². The van der Waals surface area contributed by atoms with Gasteiger partial charge in [0.15, 0.2) is 0 Å². The number of para-hydroxylation sites is 1. The van der Waals surface area contributed by atoms with Crippen LogP contribution in [0.5, 0.6) is 5.75 Å². The molecule has 0 atom stereocenters. The van der Waals surface area contributed by atoms with Crippen LogP contribution in [0, 0.1) is 0 Å². The van der Waals surface area contributed by atoms with Gasteiger partial charge in [0.2, 0.25) is 0 Å². The number of hydrogen-bond acceptors (Lipinski definition) is 5. The van der Waals surface area contributed by atoms with Crippen LogP contribution in [-0.4, -0.2) is 64.4 Å². The first-order chi connectivity index (χ1) is 13.2. The molecule has 0 saturated carbocycles. The van der Waals surface area contributed by atoms with Gasteiger partial charge in [0, 0.05) is 51.2 Å². The standard InChI is InChI=1S/C21H27N3O3/c1-26-16-15-23-11-13-24(14-12-23)18-9-7-17(8-10-18)22-21(25)19-5-3-4-6-20(19)27-2/h3-10H,11-16H2,1-2H3,(H,22,25). The zero-order valence-electron chi connectivity index (χ0n) is 16.0. The smallest absolute Gasteiger partial charge is 0.259 e. The van der Waals surface area contributed by atoms with E-state index in [1.165, 1.54) is 5.69 Å². The van der Waals surface area contributed by atoms with Crippen LogP contribution >= 0.6 is 0 Å². The average Bonchev–Trinajstić information content (AvgIpc) is 2.73. The van der Waals surface area contributed by atoms with Crippen molar-refractivity contribution in [2.24, 2.45) is 0 Å². The number of ether oxygens (including phenoxy) is 2. The summed E-state index contributed by atoms with van der Waals surface area (Å²) in [6.07, 6.45) is 0. The molecule has 3 rings (SSSR count). The van der Waals surface area contributed by atoms with Crippen molar-refractivity contribution < 1.29 is 14.3 Å². The van der Waals surface area contributed by atoms with Crippen molar-refractivity contribution in [1.82, 2.24) is 4.90 Å². The number of benzene rings is 2. The summed E-state index contributed by atoms with van der Waals surface area (Å²) < 4.78 is 10.4. The Morgan fingerprint density at radius 3 is 2.37 bits per heavy atom. The highest BCUT2D eigenvalue weighted by molar-refractivity contribution is 6.06. The van der Waals surface area contributed by atoms with Gasteiger partial charge >= 0.3 is 0 Å². The Labute approximate surface area is 160 Å². The number of anilines is 2. The first-order valence-corrected chi connectivity index (χ1v) is 9.22. The van der Waals surface area contributed by atoms with Gasteiger partial charge in [-0.2, -0.15) is 0 Å². The molecule has 1 aliphatic rings. The van der Waals surface area contributed by atoms with Crippen molar-refractivity contribution in [3.63, 3.8) is 0 Å². The number of piperazine rings is 1. The summed E-state index contributed by atoms with van der Waals surface area (Å²) in [7, 11) is 3.31. The van der Waals surface area contributed by atoms with Crippen LogP contribution in [0.3, 0.4) is 0 Å². The minimum atomic E-state index is -0.174. The fourth-order valence-corrected chi connectivity index (χ4v) is 3.24. The van der Waals surface area contributed by atoms with Crippen LogP contribution in [0.2, 0.25) is 0 Å². The Bertz CT molecular complexity index is 741. The van der Waals surface area contributed by atoms with Gasteiger partial charge in [0.05, 0.1) is 19.3 Å². The summed E-state index contributed by atoms with van der Waals surface area (Å²) in [5, 5.41) is 2.93. The molecular weight excluding hydrogens is 342 g/mol. The number of nitrogens with one attached hydrogen (secondary N) is 1. The van der Waals surface area contributed by atoms with Crippen molar-refractivity contribution in [2.75, 3.05) is 63.8 Å². The van der Waals surface area contributed by atoms with Gasteiger partial charge in [0.25, 0.3) is 5.91 Å². The van der Waals surface area contributed by atoms with Crippen LogP contribution < -0.4 is 15.0 Å². The molecule has 1 fully saturated rings. The van der Waals surface area contributed by atoms with Crippen LogP contribution in [-0.2, 0) is 4.74 Å². The Kier molecular flexibility index (Phi) is 6.68. The van der Waals surface area contributed by atoms with Gasteiger partial charge in [-0.15, -0.1) is 0 Å². The van der Waals surface area contributed by atoms with Crippen LogP contribution in [0.1, 0.15) is 10.4 Å². The molecule has 1 N–H and O–H groups in total. The maximum atomic E-state index is 12.5. The molecule has 0 aliphatic carbocycles. The van der Waals surface area contributed by atoms with Gasteiger partial charge in [-0.05, 0) is 36.4 Å². The highest BCUT2D eigenvalue weighted by Crippen LogP contribution is 2.22. The molecule has 6 heteroatoms. The largest absolute Gasteiger partial charge is 0.496 e. The van der Waals surface area contributed by atoms with Gasteiger partial charge in [-0.3, -0.25) is 9.69 Å². The third-order valence-electron chi connectivity index (χ3n) is 4.83.